The first-order valence-corrected chi connectivity index (χ1v) is 22.2. The van der Waals surface area contributed by atoms with E-state index >= 15 is 0 Å². The van der Waals surface area contributed by atoms with Gasteiger partial charge < -0.3 is 29.4 Å². The fraction of sp³-hybridized carbons (Fsp3) is 0.378. The van der Waals surface area contributed by atoms with E-state index in [1.807, 2.05) is 19.9 Å². The van der Waals surface area contributed by atoms with Gasteiger partial charge in [0.25, 0.3) is 21.6 Å². The second-order valence-electron chi connectivity index (χ2n) is 17.1. The molecule has 2 saturated heterocycles. The molecule has 3 N–H and O–H groups in total. The molecule has 16 heteroatoms. The van der Waals surface area contributed by atoms with Crippen molar-refractivity contribution in [3.05, 3.63) is 113 Å². The molecule has 15 nitrogen and oxygen atoms in total. The first-order valence-electron chi connectivity index (χ1n) is 20.7. The van der Waals surface area contributed by atoms with Crippen LogP contribution in [-0.4, -0.2) is 85.2 Å². The van der Waals surface area contributed by atoms with Crippen LogP contribution in [0.15, 0.2) is 90.6 Å². The van der Waals surface area contributed by atoms with Crippen LogP contribution in [0.2, 0.25) is 0 Å². The van der Waals surface area contributed by atoms with Gasteiger partial charge in [-0.15, -0.1) is 0 Å². The Morgan fingerprint density at radius 1 is 1.11 bits per heavy atom. The molecule has 4 aliphatic rings. The van der Waals surface area contributed by atoms with E-state index in [4.69, 9.17) is 14.2 Å². The summed E-state index contributed by atoms with van der Waals surface area (Å²) in [7, 11) is -4.64. The maximum absolute atomic E-state index is 14.0. The van der Waals surface area contributed by atoms with Gasteiger partial charge in [0.15, 0.2) is 11.4 Å². The minimum absolute atomic E-state index is 0.0256. The molecule has 2 aromatic heterocycles. The molecule has 318 valence electrons. The SMILES string of the molecule is C=C(C)c1ccccc1[C@@H]1CCCN1C1CC2(C1)CN(c1ccc(C(=O)NS(=O)(=O)c3cc4c(c([N+](=O)[O-])c3)N[C@@H](COC(C)C)CO4)c(Oc3cnc4[nH]ccc4c3)c1)C2. The maximum atomic E-state index is 14.0. The molecule has 1 spiro atoms. The molecule has 9 rings (SSSR count). The van der Waals surface area contributed by atoms with Gasteiger partial charge in [-0.05, 0) is 88.4 Å². The second-order valence-corrected chi connectivity index (χ2v) is 18.8. The lowest BCUT2D eigenvalue weighted by Gasteiger charge is -2.62. The van der Waals surface area contributed by atoms with Gasteiger partial charge in [-0.3, -0.25) is 19.8 Å². The molecule has 3 fully saturated rings. The molecule has 3 aliphatic heterocycles. The van der Waals surface area contributed by atoms with Gasteiger partial charge in [-0.2, -0.15) is 0 Å². The minimum atomic E-state index is -4.64. The fourth-order valence-electron chi connectivity index (χ4n) is 9.40. The number of sulfonamides is 1. The Kier molecular flexibility index (Phi) is 10.5. The number of anilines is 2. The molecular weight excluding hydrogens is 799 g/mol. The molecule has 1 saturated carbocycles. The molecule has 61 heavy (non-hydrogen) atoms. The Morgan fingerprint density at radius 2 is 1.92 bits per heavy atom. The van der Waals surface area contributed by atoms with Crippen LogP contribution in [0.3, 0.4) is 0 Å². The van der Waals surface area contributed by atoms with Crippen molar-refractivity contribution in [1.82, 2.24) is 19.6 Å². The Bertz CT molecular complexity index is 2650. The van der Waals surface area contributed by atoms with E-state index in [1.54, 1.807) is 30.5 Å². The van der Waals surface area contributed by atoms with Crippen molar-refractivity contribution in [3.63, 3.8) is 0 Å². The molecule has 0 unspecified atom stereocenters. The minimum Gasteiger partial charge on any atom is -0.489 e. The summed E-state index contributed by atoms with van der Waals surface area (Å²) in [5.41, 5.74) is 4.87. The lowest BCUT2D eigenvalue weighted by Crippen LogP contribution is -2.66. The van der Waals surface area contributed by atoms with E-state index in [-0.39, 0.29) is 47.5 Å². The summed E-state index contributed by atoms with van der Waals surface area (Å²) < 4.78 is 47.4. The van der Waals surface area contributed by atoms with Gasteiger partial charge in [0, 0.05) is 66.1 Å². The summed E-state index contributed by atoms with van der Waals surface area (Å²) in [5, 5.41) is 16.0. The molecule has 0 bridgehead atoms. The average Bonchev–Trinajstić information content (AvgIpc) is 3.88. The van der Waals surface area contributed by atoms with Crippen molar-refractivity contribution >= 4 is 49.6 Å². The lowest BCUT2D eigenvalue weighted by molar-refractivity contribution is -0.384. The number of nitro groups is 1. The number of H-pyrrole nitrogens is 1. The van der Waals surface area contributed by atoms with Gasteiger partial charge in [-0.25, -0.2) is 18.1 Å². The molecule has 0 radical (unpaired) electrons. The second kappa shape index (κ2) is 15.8. The smallest absolute Gasteiger partial charge is 0.297 e. The first kappa shape index (κ1) is 40.4. The van der Waals surface area contributed by atoms with Crippen LogP contribution < -0.4 is 24.4 Å². The standard InChI is InChI=1S/C45H49N7O8S/c1-27(2)35-8-5-6-9-36(35)38-10-7-15-51(38)32-20-45(21-32)25-50(26-45)31-11-12-37(40(17-31)60-33-16-29-13-14-46-43(29)47-22-33)44(53)49-61(56,57)34-18-39(52(54)55)42-41(19-34)59-24-30(48-42)23-58-28(3)4/h5-6,8-9,11-14,16-19,22,28,30,32,38,48H,1,7,10,15,20-21,23-26H2,2-4H3,(H,46,47)(H,49,53)/t30-,38-/m0/s1. The van der Waals surface area contributed by atoms with Crippen LogP contribution in [-0.2, 0) is 14.8 Å². The van der Waals surface area contributed by atoms with Gasteiger partial charge >= 0.3 is 0 Å². The van der Waals surface area contributed by atoms with Crippen molar-refractivity contribution in [2.45, 2.75) is 75.6 Å². The Morgan fingerprint density at radius 3 is 2.69 bits per heavy atom. The summed E-state index contributed by atoms with van der Waals surface area (Å²) in [4.78, 5) is 37.4. The van der Waals surface area contributed by atoms with Crippen LogP contribution >= 0.6 is 0 Å². The van der Waals surface area contributed by atoms with Crippen molar-refractivity contribution < 1.29 is 32.3 Å². The first-order chi connectivity index (χ1) is 29.3. The number of allylic oxidation sites excluding steroid dienone is 1. The number of nitro benzene ring substituents is 1. The van der Waals surface area contributed by atoms with Crippen LogP contribution in [0.5, 0.6) is 17.2 Å². The third kappa shape index (κ3) is 7.90. The van der Waals surface area contributed by atoms with Crippen LogP contribution in [0, 0.1) is 15.5 Å². The van der Waals surface area contributed by atoms with Crippen molar-refractivity contribution in [1.29, 1.82) is 0 Å². The number of nitrogens with one attached hydrogen (secondary N) is 3. The molecule has 2 atom stereocenters. The van der Waals surface area contributed by atoms with Gasteiger partial charge in [0.2, 0.25) is 0 Å². The fourth-order valence-corrected chi connectivity index (χ4v) is 10.4. The number of aromatic amines is 1. The molecular formula is C45H49N7O8S. The highest BCUT2D eigenvalue weighted by Gasteiger charge is 2.55. The van der Waals surface area contributed by atoms with Gasteiger partial charge in [-0.1, -0.05) is 36.4 Å². The summed E-state index contributed by atoms with van der Waals surface area (Å²) in [6.45, 7) is 13.2. The van der Waals surface area contributed by atoms with Crippen molar-refractivity contribution in [2.24, 2.45) is 5.41 Å². The monoisotopic (exact) mass is 847 g/mol. The van der Waals surface area contributed by atoms with E-state index in [2.05, 4.69) is 67.6 Å². The number of benzene rings is 3. The number of ether oxygens (including phenoxy) is 3. The lowest BCUT2D eigenvalue weighted by atomic mass is 9.60. The highest BCUT2D eigenvalue weighted by Crippen LogP contribution is 2.54. The third-order valence-electron chi connectivity index (χ3n) is 12.3. The molecule has 1 amide bonds. The van der Waals surface area contributed by atoms with Crippen LogP contribution in [0.25, 0.3) is 16.6 Å². The Balaban J connectivity index is 0.931. The molecule has 5 aromatic rings. The van der Waals surface area contributed by atoms with E-state index in [0.717, 1.165) is 61.6 Å². The zero-order valence-electron chi connectivity index (χ0n) is 34.3. The van der Waals surface area contributed by atoms with Gasteiger partial charge in [0.1, 0.15) is 23.8 Å². The number of aromatic nitrogens is 2. The number of carbonyl (C=O) groups excluding carboxylic acids is 1. The van der Waals surface area contributed by atoms with Crippen LogP contribution in [0.4, 0.5) is 17.1 Å². The number of carbonyl (C=O) groups is 1. The van der Waals surface area contributed by atoms with E-state index in [0.29, 0.717) is 23.5 Å². The summed E-state index contributed by atoms with van der Waals surface area (Å²) in [6, 6.07) is 19.9. The maximum Gasteiger partial charge on any atom is 0.297 e. The Labute approximate surface area is 354 Å². The van der Waals surface area contributed by atoms with Gasteiger partial charge in [0.05, 0.1) is 40.3 Å². The quantitative estimate of drug-likeness (QED) is 0.0774. The summed E-state index contributed by atoms with van der Waals surface area (Å²) in [5.74, 6) is -0.521. The zero-order valence-corrected chi connectivity index (χ0v) is 35.2. The van der Waals surface area contributed by atoms with E-state index in [9.17, 15) is 23.3 Å². The summed E-state index contributed by atoms with van der Waals surface area (Å²) >= 11 is 0. The Hall–Kier alpha value is -5.97. The number of fused-ring (bicyclic) bond motifs is 2. The number of amides is 1. The molecule has 3 aromatic carbocycles. The predicted molar refractivity (Wildman–Crippen MR) is 232 cm³/mol. The number of hydrogen-bond donors (Lipinski definition) is 3. The largest absolute Gasteiger partial charge is 0.489 e. The number of likely N-dealkylation sites (tertiary alicyclic amines) is 1. The highest BCUT2D eigenvalue weighted by atomic mass is 32.2. The third-order valence-corrected chi connectivity index (χ3v) is 13.6. The van der Waals surface area contributed by atoms with Crippen molar-refractivity contribution in [2.75, 3.05) is 43.1 Å². The van der Waals surface area contributed by atoms with Crippen LogP contribution in [0.1, 0.15) is 74.0 Å². The molecule has 1 aliphatic carbocycles. The predicted octanol–water partition coefficient (Wildman–Crippen LogP) is 7.82. The zero-order chi connectivity index (χ0) is 42.6. The highest BCUT2D eigenvalue weighted by molar-refractivity contribution is 7.90. The molecule has 5 heterocycles. The normalized spacial score (nSPS) is 19.8. The van der Waals surface area contributed by atoms with E-state index < -0.39 is 37.5 Å². The van der Waals surface area contributed by atoms with Crippen molar-refractivity contribution in [3.8, 4) is 17.2 Å². The van der Waals surface area contributed by atoms with E-state index in [1.165, 1.54) is 29.8 Å². The number of rotatable bonds is 13. The number of hydrogen-bond acceptors (Lipinski definition) is 12. The number of pyridine rings is 1. The topological polar surface area (TPSA) is 181 Å². The summed E-state index contributed by atoms with van der Waals surface area (Å²) in [6.07, 6.45) is 7.75. The average molecular weight is 848 g/mol. The number of nitrogens with zero attached hydrogens (tertiary/aromatic N) is 4.